The van der Waals surface area contributed by atoms with Crippen molar-refractivity contribution in [3.8, 4) is 34.5 Å². The number of hydrogen-bond donors (Lipinski definition) is 1. The third-order valence-corrected chi connectivity index (χ3v) is 6.13. The zero-order chi connectivity index (χ0) is 24.5. The van der Waals surface area contributed by atoms with E-state index in [2.05, 4.69) is 15.2 Å². The van der Waals surface area contributed by atoms with Crippen LogP contribution in [-0.4, -0.2) is 39.1 Å². The van der Waals surface area contributed by atoms with Crippen LogP contribution in [-0.2, 0) is 12.8 Å². The molecule has 2 heterocycles. The number of aromatic hydroxyl groups is 1. The van der Waals surface area contributed by atoms with Crippen molar-refractivity contribution in [1.29, 1.82) is 0 Å². The van der Waals surface area contributed by atoms with Crippen molar-refractivity contribution in [1.82, 2.24) is 19.7 Å². The molecule has 0 bridgehead atoms. The van der Waals surface area contributed by atoms with Gasteiger partial charge in [0, 0.05) is 11.4 Å². The number of nitrogens with zero attached hydrogens (tertiary/aromatic N) is 4. The molecule has 9 nitrogen and oxygen atoms in total. The summed E-state index contributed by atoms with van der Waals surface area (Å²) in [5.41, 5.74) is 0.556. The SMILES string of the molecule is COc1cccc(OC)c1-n1c(CC2CC2)nc(O)c(-c2nnc(Cc3ccc(Cl)cc3)o2)c1=O. The van der Waals surface area contributed by atoms with Crippen LogP contribution >= 0.6 is 11.6 Å². The monoisotopic (exact) mass is 494 g/mol. The highest BCUT2D eigenvalue weighted by Crippen LogP contribution is 2.37. The molecule has 0 radical (unpaired) electrons. The number of halogens is 1. The first-order valence-electron chi connectivity index (χ1n) is 11.1. The summed E-state index contributed by atoms with van der Waals surface area (Å²) in [5, 5.41) is 19.5. The molecule has 2 aromatic carbocycles. The molecule has 0 saturated heterocycles. The lowest BCUT2D eigenvalue weighted by Gasteiger charge is -2.18. The van der Waals surface area contributed by atoms with Crippen molar-refractivity contribution in [2.24, 2.45) is 5.92 Å². The van der Waals surface area contributed by atoms with Gasteiger partial charge >= 0.3 is 0 Å². The van der Waals surface area contributed by atoms with E-state index < -0.39 is 11.4 Å². The number of para-hydroxylation sites is 1. The predicted octanol–water partition coefficient (Wildman–Crippen LogP) is 4.20. The summed E-state index contributed by atoms with van der Waals surface area (Å²) in [6.07, 6.45) is 2.95. The summed E-state index contributed by atoms with van der Waals surface area (Å²) in [7, 11) is 3.03. The molecule has 35 heavy (non-hydrogen) atoms. The van der Waals surface area contributed by atoms with Gasteiger partial charge in [-0.25, -0.2) is 0 Å². The van der Waals surface area contributed by atoms with Crippen LogP contribution in [0.4, 0.5) is 0 Å². The minimum Gasteiger partial charge on any atom is -0.494 e. The fourth-order valence-corrected chi connectivity index (χ4v) is 4.07. The second kappa shape index (κ2) is 9.42. The first kappa shape index (κ1) is 22.9. The van der Waals surface area contributed by atoms with Gasteiger partial charge in [-0.3, -0.25) is 9.36 Å². The Labute approximate surface area is 205 Å². The maximum absolute atomic E-state index is 13.9. The number of aromatic nitrogens is 4. The third-order valence-electron chi connectivity index (χ3n) is 5.88. The molecule has 180 valence electrons. The minimum absolute atomic E-state index is 0.121. The van der Waals surface area contributed by atoms with Gasteiger partial charge in [0.25, 0.3) is 11.4 Å². The van der Waals surface area contributed by atoms with E-state index in [1.54, 1.807) is 30.3 Å². The normalized spacial score (nSPS) is 13.1. The Morgan fingerprint density at radius 2 is 1.77 bits per heavy atom. The number of benzene rings is 2. The number of ether oxygens (including phenoxy) is 2. The fraction of sp³-hybridized carbons (Fsp3) is 0.280. The average Bonchev–Trinajstić information content (AvgIpc) is 3.56. The van der Waals surface area contributed by atoms with Crippen molar-refractivity contribution in [2.45, 2.75) is 25.7 Å². The van der Waals surface area contributed by atoms with E-state index in [4.69, 9.17) is 25.5 Å². The standard InChI is InChI=1S/C25H23ClN4O5/c1-33-17-4-3-5-18(34-2)22(17)30-19(12-14-6-7-14)27-23(31)21(25(30)32)24-29-28-20(35-24)13-15-8-10-16(26)11-9-15/h3-5,8-11,14,31H,6-7,12-13H2,1-2H3. The van der Waals surface area contributed by atoms with Crippen molar-refractivity contribution < 1.29 is 19.0 Å². The van der Waals surface area contributed by atoms with E-state index >= 15 is 0 Å². The molecule has 0 unspecified atom stereocenters. The van der Waals surface area contributed by atoms with E-state index in [9.17, 15) is 9.90 Å². The summed E-state index contributed by atoms with van der Waals surface area (Å²) >= 11 is 5.95. The lowest BCUT2D eigenvalue weighted by atomic mass is 10.1. The van der Waals surface area contributed by atoms with Gasteiger partial charge in [0.2, 0.25) is 11.8 Å². The van der Waals surface area contributed by atoms with Gasteiger partial charge < -0.3 is 19.0 Å². The topological polar surface area (TPSA) is 112 Å². The molecular formula is C25H23ClN4O5. The molecule has 0 aliphatic heterocycles. The van der Waals surface area contributed by atoms with Crippen LogP contribution < -0.4 is 15.0 Å². The molecule has 0 amide bonds. The summed E-state index contributed by atoms with van der Waals surface area (Å²) in [6, 6.07) is 12.5. The van der Waals surface area contributed by atoms with Crippen molar-refractivity contribution >= 4 is 11.6 Å². The zero-order valence-corrected chi connectivity index (χ0v) is 20.0. The second-order valence-corrected chi connectivity index (χ2v) is 8.77. The molecule has 1 aliphatic rings. The van der Waals surface area contributed by atoms with Gasteiger partial charge in [-0.05, 0) is 48.6 Å². The van der Waals surface area contributed by atoms with E-state index in [0.717, 1.165) is 18.4 Å². The van der Waals surface area contributed by atoms with Crippen molar-refractivity contribution in [3.05, 3.63) is 75.1 Å². The molecule has 1 fully saturated rings. The van der Waals surface area contributed by atoms with Crippen molar-refractivity contribution in [3.63, 3.8) is 0 Å². The number of rotatable bonds is 8. The highest BCUT2D eigenvalue weighted by atomic mass is 35.5. The lowest BCUT2D eigenvalue weighted by Crippen LogP contribution is -2.26. The smallest absolute Gasteiger partial charge is 0.275 e. The van der Waals surface area contributed by atoms with E-state index in [0.29, 0.717) is 46.8 Å². The van der Waals surface area contributed by atoms with E-state index in [1.807, 2.05) is 12.1 Å². The highest BCUT2D eigenvalue weighted by molar-refractivity contribution is 6.30. The average molecular weight is 495 g/mol. The van der Waals surface area contributed by atoms with E-state index in [-0.39, 0.29) is 17.3 Å². The van der Waals surface area contributed by atoms with Crippen LogP contribution in [0.25, 0.3) is 17.1 Å². The van der Waals surface area contributed by atoms with Gasteiger partial charge in [-0.2, -0.15) is 4.98 Å². The Bertz CT molecular complexity index is 1400. The van der Waals surface area contributed by atoms with Crippen LogP contribution in [0, 0.1) is 5.92 Å². The van der Waals surface area contributed by atoms with Crippen LogP contribution in [0.5, 0.6) is 17.4 Å². The summed E-state index contributed by atoms with van der Waals surface area (Å²) in [4.78, 5) is 18.2. The minimum atomic E-state index is -0.558. The molecule has 1 N–H and O–H groups in total. The first-order valence-corrected chi connectivity index (χ1v) is 11.5. The quantitative estimate of drug-likeness (QED) is 0.388. The molecule has 4 aromatic rings. The zero-order valence-electron chi connectivity index (χ0n) is 19.2. The molecule has 10 heteroatoms. The first-order chi connectivity index (χ1) is 17.0. The molecule has 0 atom stereocenters. The van der Waals surface area contributed by atoms with Gasteiger partial charge in [-0.1, -0.05) is 29.8 Å². The lowest BCUT2D eigenvalue weighted by molar-refractivity contribution is 0.388. The van der Waals surface area contributed by atoms with Crippen LogP contribution in [0.3, 0.4) is 0 Å². The predicted molar refractivity (Wildman–Crippen MR) is 129 cm³/mol. The van der Waals surface area contributed by atoms with E-state index in [1.165, 1.54) is 18.8 Å². The Balaban J connectivity index is 1.63. The van der Waals surface area contributed by atoms with Gasteiger partial charge in [-0.15, -0.1) is 10.2 Å². The third kappa shape index (κ3) is 4.59. The maximum atomic E-state index is 13.9. The number of hydrogen-bond acceptors (Lipinski definition) is 8. The largest absolute Gasteiger partial charge is 0.494 e. The summed E-state index contributed by atoms with van der Waals surface area (Å²) in [6.45, 7) is 0. The number of methoxy groups -OCH3 is 2. The molecule has 0 spiro atoms. The van der Waals surface area contributed by atoms with Crippen LogP contribution in [0.15, 0.2) is 51.7 Å². The van der Waals surface area contributed by atoms with Gasteiger partial charge in [0.1, 0.15) is 23.0 Å². The highest BCUT2D eigenvalue weighted by Gasteiger charge is 2.30. The van der Waals surface area contributed by atoms with Crippen LogP contribution in [0.2, 0.25) is 5.02 Å². The fourth-order valence-electron chi connectivity index (χ4n) is 3.94. The molecule has 1 aliphatic carbocycles. The molecular weight excluding hydrogens is 472 g/mol. The Morgan fingerprint density at radius 3 is 2.40 bits per heavy atom. The molecule has 2 aromatic heterocycles. The molecule has 1 saturated carbocycles. The molecule has 5 rings (SSSR count). The maximum Gasteiger partial charge on any atom is 0.275 e. The van der Waals surface area contributed by atoms with Crippen molar-refractivity contribution in [2.75, 3.05) is 14.2 Å². The summed E-state index contributed by atoms with van der Waals surface area (Å²) < 4.78 is 18.3. The summed E-state index contributed by atoms with van der Waals surface area (Å²) in [5.74, 6) is 1.36. The Hall–Kier alpha value is -3.85. The van der Waals surface area contributed by atoms with Gasteiger partial charge in [0.05, 0.1) is 20.6 Å². The van der Waals surface area contributed by atoms with Crippen LogP contribution in [0.1, 0.15) is 30.1 Å². The Kier molecular flexibility index (Phi) is 6.17. The van der Waals surface area contributed by atoms with Gasteiger partial charge in [0.15, 0.2) is 5.56 Å². The second-order valence-electron chi connectivity index (χ2n) is 8.33. The Morgan fingerprint density at radius 1 is 1.09 bits per heavy atom.